The molecular formula is C11H21NO6. The molecule has 0 aromatic rings. The average Bonchev–Trinajstić information content (AvgIpc) is 2.42. The van der Waals surface area contributed by atoms with Crippen LogP contribution in [0.3, 0.4) is 0 Å². The molecule has 0 bridgehead atoms. The van der Waals surface area contributed by atoms with Gasteiger partial charge in [0.05, 0.1) is 19.3 Å². The molecule has 106 valence electrons. The molecule has 1 aliphatic heterocycles. The molecule has 0 saturated carbocycles. The van der Waals surface area contributed by atoms with Crippen LogP contribution in [0.15, 0.2) is 0 Å². The van der Waals surface area contributed by atoms with Gasteiger partial charge in [-0.25, -0.2) is 0 Å². The largest absolute Gasteiger partial charge is 0.396 e. The molecule has 1 rings (SSSR count). The summed E-state index contributed by atoms with van der Waals surface area (Å²) >= 11 is 0. The molecule has 7 nitrogen and oxygen atoms in total. The lowest BCUT2D eigenvalue weighted by Crippen LogP contribution is -2.55. The topological polar surface area (TPSA) is 108 Å². The minimum atomic E-state index is -1.26. The molecule has 5 atom stereocenters. The van der Waals surface area contributed by atoms with E-state index in [0.29, 0.717) is 6.61 Å². The molecule has 0 radical (unpaired) electrons. The number of hydrogen-bond donors (Lipinski definition) is 4. The van der Waals surface area contributed by atoms with Gasteiger partial charge in [0.2, 0.25) is 5.91 Å². The average molecular weight is 263 g/mol. The van der Waals surface area contributed by atoms with E-state index in [0.717, 1.165) is 0 Å². The van der Waals surface area contributed by atoms with Gasteiger partial charge in [0.1, 0.15) is 12.1 Å². The highest BCUT2D eigenvalue weighted by Crippen LogP contribution is 2.21. The lowest BCUT2D eigenvalue weighted by Gasteiger charge is -2.30. The molecule has 5 unspecified atom stereocenters. The Bertz CT molecular complexity index is 272. The first-order valence-electron chi connectivity index (χ1n) is 5.98. The molecule has 1 saturated heterocycles. The van der Waals surface area contributed by atoms with Gasteiger partial charge in [-0.15, -0.1) is 0 Å². The summed E-state index contributed by atoms with van der Waals surface area (Å²) in [5.74, 6) is -0.969. The van der Waals surface area contributed by atoms with Crippen LogP contribution in [0.5, 0.6) is 0 Å². The van der Waals surface area contributed by atoms with Crippen LogP contribution in [-0.2, 0) is 14.3 Å². The molecule has 1 fully saturated rings. The lowest BCUT2D eigenvalue weighted by molar-refractivity contribution is -0.168. The molecular weight excluding hydrogens is 242 g/mol. The van der Waals surface area contributed by atoms with E-state index < -0.39 is 30.5 Å². The predicted octanol–water partition coefficient (Wildman–Crippen LogP) is -1.79. The Labute approximate surface area is 106 Å². The smallest absolute Gasteiger partial charge is 0.217 e. The highest BCUT2D eigenvalue weighted by Gasteiger charge is 2.41. The summed E-state index contributed by atoms with van der Waals surface area (Å²) in [5, 5.41) is 31.5. The number of hydrogen-bond acceptors (Lipinski definition) is 6. The van der Waals surface area contributed by atoms with Crippen molar-refractivity contribution in [1.82, 2.24) is 5.32 Å². The van der Waals surface area contributed by atoms with Gasteiger partial charge in [-0.05, 0) is 6.92 Å². The summed E-state index contributed by atoms with van der Waals surface area (Å²) in [6.07, 6.45) is -3.29. The molecule has 0 spiro atoms. The second kappa shape index (κ2) is 7.01. The van der Waals surface area contributed by atoms with E-state index in [-0.39, 0.29) is 19.1 Å². The van der Waals surface area contributed by atoms with Crippen LogP contribution in [0.1, 0.15) is 13.8 Å². The van der Waals surface area contributed by atoms with Crippen LogP contribution in [0.25, 0.3) is 0 Å². The van der Waals surface area contributed by atoms with Gasteiger partial charge in [-0.1, -0.05) is 0 Å². The number of aliphatic hydroxyl groups is 3. The number of carbonyl (C=O) groups is 1. The standard InChI is InChI=1S/C11H21NO6/c1-3-17-11-8(12-6(2)14)10(16)9(15)7(4-13)5-18-11/h7-11,13,15-16H,3-5H2,1-2H3,(H,12,14). The fraction of sp³-hybridized carbons (Fsp3) is 0.909. The normalized spacial score (nSPS) is 37.1. The molecule has 4 N–H and O–H groups in total. The third kappa shape index (κ3) is 3.63. The van der Waals surface area contributed by atoms with Gasteiger partial charge in [-0.2, -0.15) is 0 Å². The maximum atomic E-state index is 11.1. The van der Waals surface area contributed by atoms with Crippen LogP contribution < -0.4 is 5.32 Å². The first kappa shape index (κ1) is 15.3. The van der Waals surface area contributed by atoms with Crippen LogP contribution in [0, 0.1) is 5.92 Å². The van der Waals surface area contributed by atoms with Crippen LogP contribution in [0.2, 0.25) is 0 Å². The molecule has 1 amide bonds. The Kier molecular flexibility index (Phi) is 5.97. The van der Waals surface area contributed by atoms with E-state index in [1.165, 1.54) is 6.92 Å². The van der Waals surface area contributed by atoms with Crippen molar-refractivity contribution in [1.29, 1.82) is 0 Å². The Morgan fingerprint density at radius 1 is 1.44 bits per heavy atom. The van der Waals surface area contributed by atoms with Crippen molar-refractivity contribution in [3.8, 4) is 0 Å². The van der Waals surface area contributed by atoms with E-state index in [1.807, 2.05) is 0 Å². The van der Waals surface area contributed by atoms with Gasteiger partial charge in [0, 0.05) is 19.4 Å². The van der Waals surface area contributed by atoms with E-state index in [1.54, 1.807) is 6.92 Å². The van der Waals surface area contributed by atoms with E-state index in [2.05, 4.69) is 5.32 Å². The van der Waals surface area contributed by atoms with Crippen molar-refractivity contribution in [2.24, 2.45) is 5.92 Å². The molecule has 0 aromatic carbocycles. The number of amides is 1. The Balaban J connectivity index is 2.86. The summed E-state index contributed by atoms with van der Waals surface area (Å²) < 4.78 is 10.7. The maximum Gasteiger partial charge on any atom is 0.217 e. The highest BCUT2D eigenvalue weighted by molar-refractivity contribution is 5.73. The van der Waals surface area contributed by atoms with Crippen molar-refractivity contribution in [3.05, 3.63) is 0 Å². The molecule has 18 heavy (non-hydrogen) atoms. The number of carbonyl (C=O) groups excluding carboxylic acids is 1. The fourth-order valence-electron chi connectivity index (χ4n) is 1.94. The first-order chi connectivity index (χ1) is 8.51. The summed E-state index contributed by atoms with van der Waals surface area (Å²) in [4.78, 5) is 11.1. The van der Waals surface area contributed by atoms with E-state index in [9.17, 15) is 15.0 Å². The van der Waals surface area contributed by atoms with Crippen molar-refractivity contribution in [3.63, 3.8) is 0 Å². The molecule has 0 aromatic heterocycles. The zero-order valence-corrected chi connectivity index (χ0v) is 10.6. The SMILES string of the molecule is CCOC1OCC(CO)C(O)C(O)C1NC(C)=O. The van der Waals surface area contributed by atoms with Crippen LogP contribution in [0.4, 0.5) is 0 Å². The monoisotopic (exact) mass is 263 g/mol. The van der Waals surface area contributed by atoms with Crippen LogP contribution >= 0.6 is 0 Å². The van der Waals surface area contributed by atoms with Gasteiger partial charge >= 0.3 is 0 Å². The Morgan fingerprint density at radius 3 is 2.61 bits per heavy atom. The van der Waals surface area contributed by atoms with E-state index in [4.69, 9.17) is 14.6 Å². The van der Waals surface area contributed by atoms with Gasteiger partial charge in [0.15, 0.2) is 6.29 Å². The summed E-state index contributed by atoms with van der Waals surface area (Å²) in [5.41, 5.74) is 0. The molecule has 7 heteroatoms. The van der Waals surface area contributed by atoms with E-state index >= 15 is 0 Å². The molecule has 0 aliphatic carbocycles. The van der Waals surface area contributed by atoms with Crippen molar-refractivity contribution in [2.75, 3.05) is 19.8 Å². The van der Waals surface area contributed by atoms with Crippen molar-refractivity contribution in [2.45, 2.75) is 38.4 Å². The number of aliphatic hydroxyl groups excluding tert-OH is 3. The number of nitrogens with one attached hydrogen (secondary N) is 1. The summed E-state index contributed by atoms with van der Waals surface area (Å²) in [7, 11) is 0. The third-order valence-corrected chi connectivity index (χ3v) is 2.90. The quantitative estimate of drug-likeness (QED) is 0.477. The van der Waals surface area contributed by atoms with Gasteiger partial charge in [-0.3, -0.25) is 4.79 Å². The van der Waals surface area contributed by atoms with Crippen LogP contribution in [-0.4, -0.2) is 65.6 Å². The third-order valence-electron chi connectivity index (χ3n) is 2.90. The molecule has 1 heterocycles. The minimum absolute atomic E-state index is 0.0511. The summed E-state index contributed by atoms with van der Waals surface area (Å²) in [6, 6.07) is -0.867. The minimum Gasteiger partial charge on any atom is -0.396 e. The number of rotatable bonds is 4. The lowest BCUT2D eigenvalue weighted by atomic mass is 9.96. The van der Waals surface area contributed by atoms with Gasteiger partial charge in [0.25, 0.3) is 0 Å². The summed E-state index contributed by atoms with van der Waals surface area (Å²) in [6.45, 7) is 3.13. The van der Waals surface area contributed by atoms with Gasteiger partial charge < -0.3 is 30.1 Å². The van der Waals surface area contributed by atoms with Crippen molar-refractivity contribution >= 4 is 5.91 Å². The van der Waals surface area contributed by atoms with Crippen molar-refractivity contribution < 1.29 is 29.6 Å². The second-order valence-corrected chi connectivity index (χ2v) is 4.31. The fourth-order valence-corrected chi connectivity index (χ4v) is 1.94. The zero-order valence-electron chi connectivity index (χ0n) is 10.6. The maximum absolute atomic E-state index is 11.1. The number of ether oxygens (including phenoxy) is 2. The Morgan fingerprint density at radius 2 is 2.11 bits per heavy atom. The Hall–Kier alpha value is -0.730. The first-order valence-corrected chi connectivity index (χ1v) is 5.98. The molecule has 1 aliphatic rings. The predicted molar refractivity (Wildman–Crippen MR) is 61.6 cm³/mol. The highest BCUT2D eigenvalue weighted by atomic mass is 16.7. The second-order valence-electron chi connectivity index (χ2n) is 4.31. The zero-order chi connectivity index (χ0) is 13.7.